The van der Waals surface area contributed by atoms with Gasteiger partial charge in [-0.15, -0.1) is 0 Å². The average Bonchev–Trinajstić information content (AvgIpc) is 2.83. The number of benzene rings is 2. The predicted molar refractivity (Wildman–Crippen MR) is 123 cm³/mol. The Morgan fingerprint density at radius 3 is 2.37 bits per heavy atom. The molecule has 1 atom stereocenters. The second-order valence-corrected chi connectivity index (χ2v) is 8.12. The quantitative estimate of drug-likeness (QED) is 0.440. The summed E-state index contributed by atoms with van der Waals surface area (Å²) in [6, 6.07) is 7.50. The number of hydrogen-bond acceptors (Lipinski definition) is 7. The summed E-state index contributed by atoms with van der Waals surface area (Å²) in [7, 11) is 3.09. The van der Waals surface area contributed by atoms with E-state index in [2.05, 4.69) is 5.32 Å². The van der Waals surface area contributed by atoms with E-state index in [1.54, 1.807) is 37.3 Å². The average molecular weight is 496 g/mol. The lowest BCUT2D eigenvalue weighted by Gasteiger charge is -2.35. The summed E-state index contributed by atoms with van der Waals surface area (Å²) >= 11 is 0. The van der Waals surface area contributed by atoms with E-state index in [9.17, 15) is 28.1 Å². The summed E-state index contributed by atoms with van der Waals surface area (Å²) in [5.74, 6) is 1.04. The van der Waals surface area contributed by atoms with Crippen molar-refractivity contribution in [3.05, 3.63) is 57.6 Å². The number of rotatable bonds is 8. The molecule has 0 spiro atoms. The molecule has 1 aliphatic heterocycles. The molecule has 12 heteroatoms. The highest BCUT2D eigenvalue weighted by molar-refractivity contribution is 5.78. The van der Waals surface area contributed by atoms with Crippen LogP contribution in [0.2, 0.25) is 0 Å². The van der Waals surface area contributed by atoms with Crippen LogP contribution < -0.4 is 19.7 Å². The number of anilines is 1. The lowest BCUT2D eigenvalue weighted by molar-refractivity contribution is -0.384. The lowest BCUT2D eigenvalue weighted by atomic mass is 10.1. The Bertz CT molecular complexity index is 1070. The van der Waals surface area contributed by atoms with Crippen molar-refractivity contribution < 1.29 is 32.4 Å². The number of hydrogen-bond donors (Lipinski definition) is 1. The monoisotopic (exact) mass is 496 g/mol. The third-order valence-corrected chi connectivity index (χ3v) is 5.86. The first-order valence-corrected chi connectivity index (χ1v) is 10.9. The molecule has 2 aromatic carbocycles. The molecule has 1 aliphatic rings. The molecular weight excluding hydrogens is 469 g/mol. The molecule has 1 heterocycles. The van der Waals surface area contributed by atoms with Gasteiger partial charge in [-0.3, -0.25) is 19.8 Å². The van der Waals surface area contributed by atoms with Crippen LogP contribution in [-0.4, -0.2) is 62.7 Å². The van der Waals surface area contributed by atoms with Gasteiger partial charge < -0.3 is 19.7 Å². The van der Waals surface area contributed by atoms with Crippen LogP contribution in [0, 0.1) is 10.1 Å². The van der Waals surface area contributed by atoms with E-state index >= 15 is 0 Å². The normalized spacial score (nSPS) is 15.4. The van der Waals surface area contributed by atoms with E-state index in [0.717, 1.165) is 17.7 Å². The van der Waals surface area contributed by atoms with Gasteiger partial charge in [-0.25, -0.2) is 0 Å². The fourth-order valence-electron chi connectivity index (χ4n) is 4.01. The van der Waals surface area contributed by atoms with Crippen LogP contribution >= 0.6 is 0 Å². The second-order valence-electron chi connectivity index (χ2n) is 8.12. The Hall–Kier alpha value is -3.54. The number of carbonyl (C=O) groups excluding carboxylic acids is 1. The maximum atomic E-state index is 13.0. The molecule has 0 radical (unpaired) electrons. The molecule has 0 bridgehead atoms. The first kappa shape index (κ1) is 26.1. The van der Waals surface area contributed by atoms with E-state index in [0.29, 0.717) is 43.7 Å². The summed E-state index contributed by atoms with van der Waals surface area (Å²) in [4.78, 5) is 26.8. The Morgan fingerprint density at radius 2 is 1.80 bits per heavy atom. The molecule has 1 unspecified atom stereocenters. The minimum atomic E-state index is -4.67. The smallest absolute Gasteiger partial charge is 0.416 e. The van der Waals surface area contributed by atoms with Crippen LogP contribution in [0.25, 0.3) is 0 Å². The summed E-state index contributed by atoms with van der Waals surface area (Å²) in [5, 5.41) is 14.3. The van der Waals surface area contributed by atoms with E-state index in [1.165, 1.54) is 0 Å². The molecule has 9 nitrogen and oxygen atoms in total. The highest BCUT2D eigenvalue weighted by atomic mass is 19.4. The predicted octanol–water partition coefficient (Wildman–Crippen LogP) is 3.63. The molecule has 35 heavy (non-hydrogen) atoms. The minimum absolute atomic E-state index is 0.111. The van der Waals surface area contributed by atoms with Crippen molar-refractivity contribution in [1.82, 2.24) is 10.2 Å². The fourth-order valence-corrected chi connectivity index (χ4v) is 4.01. The maximum Gasteiger partial charge on any atom is 0.416 e. The number of methoxy groups -OCH3 is 2. The molecule has 190 valence electrons. The first-order valence-electron chi connectivity index (χ1n) is 10.9. The van der Waals surface area contributed by atoms with E-state index in [4.69, 9.17) is 9.47 Å². The molecule has 2 aromatic rings. The number of nitro benzene ring substituents is 1. The number of piperazine rings is 1. The Balaban J connectivity index is 1.60. The maximum absolute atomic E-state index is 13.0. The zero-order chi connectivity index (χ0) is 25.8. The van der Waals surface area contributed by atoms with Crippen molar-refractivity contribution in [2.45, 2.75) is 19.1 Å². The van der Waals surface area contributed by atoms with Crippen LogP contribution in [0.4, 0.5) is 24.5 Å². The SMILES string of the molecule is COc1ccc(OC)c(C(C)NC(=O)CN2CCN(c3ccc(C(F)(F)F)cc3[N+](=O)[O-])CC2)c1. The topological polar surface area (TPSA) is 97.2 Å². The summed E-state index contributed by atoms with van der Waals surface area (Å²) in [6.07, 6.45) is -4.67. The van der Waals surface area contributed by atoms with Crippen LogP contribution in [0.5, 0.6) is 11.5 Å². The number of nitro groups is 1. The summed E-state index contributed by atoms with van der Waals surface area (Å²) in [6.45, 7) is 3.44. The van der Waals surface area contributed by atoms with E-state index in [-0.39, 0.29) is 24.2 Å². The lowest BCUT2D eigenvalue weighted by Crippen LogP contribution is -2.49. The van der Waals surface area contributed by atoms with Gasteiger partial charge in [0.1, 0.15) is 17.2 Å². The van der Waals surface area contributed by atoms with Gasteiger partial charge in [0.15, 0.2) is 0 Å². The van der Waals surface area contributed by atoms with Crippen LogP contribution in [0.3, 0.4) is 0 Å². The zero-order valence-corrected chi connectivity index (χ0v) is 19.6. The third-order valence-electron chi connectivity index (χ3n) is 5.86. The van der Waals surface area contributed by atoms with Crippen LogP contribution in [-0.2, 0) is 11.0 Å². The van der Waals surface area contributed by atoms with Crippen LogP contribution in [0.1, 0.15) is 24.1 Å². The zero-order valence-electron chi connectivity index (χ0n) is 19.6. The van der Waals surface area contributed by atoms with E-state index in [1.807, 2.05) is 11.8 Å². The van der Waals surface area contributed by atoms with Gasteiger partial charge >= 0.3 is 6.18 Å². The molecule has 0 aliphatic carbocycles. The number of amides is 1. The summed E-state index contributed by atoms with van der Waals surface area (Å²) in [5.41, 5.74) is -0.761. The standard InChI is InChI=1S/C23H27F3N4O5/c1-15(18-13-17(34-2)5-7-21(18)35-3)27-22(31)14-28-8-10-29(11-9-28)19-6-4-16(23(24,25)26)12-20(19)30(32)33/h4-7,12-13,15H,8-11,14H2,1-3H3,(H,27,31). The number of ether oxygens (including phenoxy) is 2. The molecular formula is C23H27F3N4O5. The highest BCUT2D eigenvalue weighted by Crippen LogP contribution is 2.37. The van der Waals surface area contributed by atoms with Crippen molar-refractivity contribution in [1.29, 1.82) is 0 Å². The number of nitrogens with zero attached hydrogens (tertiary/aromatic N) is 3. The van der Waals surface area contributed by atoms with Crippen molar-refractivity contribution in [3.8, 4) is 11.5 Å². The Morgan fingerprint density at radius 1 is 1.11 bits per heavy atom. The largest absolute Gasteiger partial charge is 0.497 e. The molecule has 1 amide bonds. The number of halogens is 3. The van der Waals surface area contributed by atoms with Gasteiger partial charge in [-0.1, -0.05) is 0 Å². The van der Waals surface area contributed by atoms with Gasteiger partial charge in [0.05, 0.1) is 37.3 Å². The summed E-state index contributed by atoms with van der Waals surface area (Å²) < 4.78 is 49.5. The van der Waals surface area contributed by atoms with Crippen molar-refractivity contribution in [3.63, 3.8) is 0 Å². The fraction of sp³-hybridized carbons (Fsp3) is 0.435. The van der Waals surface area contributed by atoms with Gasteiger partial charge in [0.25, 0.3) is 5.69 Å². The molecule has 3 rings (SSSR count). The van der Waals surface area contributed by atoms with Crippen molar-refractivity contribution >= 4 is 17.3 Å². The minimum Gasteiger partial charge on any atom is -0.497 e. The Labute approximate surface area is 200 Å². The second kappa shape index (κ2) is 10.8. The number of carbonyl (C=O) groups is 1. The van der Waals surface area contributed by atoms with Crippen molar-refractivity contribution in [2.75, 3.05) is 51.8 Å². The molecule has 1 fully saturated rings. The highest BCUT2D eigenvalue weighted by Gasteiger charge is 2.34. The molecule has 0 aromatic heterocycles. The third kappa shape index (κ3) is 6.32. The van der Waals surface area contributed by atoms with Crippen LogP contribution in [0.15, 0.2) is 36.4 Å². The van der Waals surface area contributed by atoms with Crippen molar-refractivity contribution in [2.24, 2.45) is 0 Å². The van der Waals surface area contributed by atoms with Gasteiger partial charge in [0.2, 0.25) is 5.91 Å². The van der Waals surface area contributed by atoms with Gasteiger partial charge in [-0.2, -0.15) is 13.2 Å². The van der Waals surface area contributed by atoms with E-state index < -0.39 is 22.4 Å². The number of alkyl halides is 3. The molecule has 1 N–H and O–H groups in total. The molecule has 1 saturated heterocycles. The first-order chi connectivity index (χ1) is 16.5. The number of nitrogens with one attached hydrogen (secondary N) is 1. The Kier molecular flexibility index (Phi) is 8.05. The molecule has 0 saturated carbocycles. The van der Waals surface area contributed by atoms with Gasteiger partial charge in [-0.05, 0) is 37.3 Å². The van der Waals surface area contributed by atoms with Gasteiger partial charge in [0, 0.05) is 37.8 Å².